The second-order valence-corrected chi connectivity index (χ2v) is 6.28. The van der Waals surface area contributed by atoms with Gasteiger partial charge in [-0.2, -0.15) is 0 Å². The van der Waals surface area contributed by atoms with Gasteiger partial charge in [-0.25, -0.2) is 4.68 Å². The van der Waals surface area contributed by atoms with Crippen molar-refractivity contribution in [3.8, 4) is 5.69 Å². The summed E-state index contributed by atoms with van der Waals surface area (Å²) in [7, 11) is 1.76. The first-order valence-electron chi connectivity index (χ1n) is 7.84. The van der Waals surface area contributed by atoms with E-state index in [1.54, 1.807) is 16.6 Å². The molecule has 0 bridgehead atoms. The highest BCUT2D eigenvalue weighted by Crippen LogP contribution is 2.30. The van der Waals surface area contributed by atoms with Gasteiger partial charge in [-0.05, 0) is 41.0 Å². The molecule has 0 saturated heterocycles. The number of benzene rings is 1. The van der Waals surface area contributed by atoms with Crippen LogP contribution in [-0.4, -0.2) is 55.3 Å². The maximum absolute atomic E-state index is 12.3. The summed E-state index contributed by atoms with van der Waals surface area (Å²) in [4.78, 5) is 14.0. The van der Waals surface area contributed by atoms with E-state index in [0.29, 0.717) is 13.0 Å². The van der Waals surface area contributed by atoms with Crippen LogP contribution in [0.5, 0.6) is 0 Å². The van der Waals surface area contributed by atoms with E-state index < -0.39 is 5.60 Å². The van der Waals surface area contributed by atoms with Crippen LogP contribution in [0.15, 0.2) is 30.6 Å². The average molecular weight is 315 g/mol. The molecule has 1 aromatic carbocycles. The molecule has 0 radical (unpaired) electrons. The summed E-state index contributed by atoms with van der Waals surface area (Å²) < 4.78 is 1.56. The Morgan fingerprint density at radius 1 is 1.30 bits per heavy atom. The van der Waals surface area contributed by atoms with Crippen molar-refractivity contribution in [2.24, 2.45) is 0 Å². The molecule has 1 aliphatic carbocycles. The van der Waals surface area contributed by atoms with E-state index in [9.17, 15) is 9.90 Å². The average Bonchev–Trinajstić information content (AvgIpc) is 3.20. The van der Waals surface area contributed by atoms with Gasteiger partial charge in [-0.15, -0.1) is 5.10 Å². The molecule has 7 heteroatoms. The largest absolute Gasteiger partial charge is 0.388 e. The predicted octanol–water partition coefficient (Wildman–Crippen LogP) is 0.968. The molecular weight excluding hydrogens is 294 g/mol. The topological polar surface area (TPSA) is 84.1 Å². The van der Waals surface area contributed by atoms with E-state index in [0.717, 1.165) is 36.9 Å². The van der Waals surface area contributed by atoms with Crippen molar-refractivity contribution >= 4 is 5.91 Å². The fourth-order valence-corrected chi connectivity index (χ4v) is 3.08. The van der Waals surface area contributed by atoms with Gasteiger partial charge < -0.3 is 10.0 Å². The molecule has 1 amide bonds. The normalized spacial score (nSPS) is 16.4. The second kappa shape index (κ2) is 6.45. The van der Waals surface area contributed by atoms with E-state index in [2.05, 4.69) is 15.5 Å². The molecule has 0 atom stereocenters. The van der Waals surface area contributed by atoms with E-state index in [4.69, 9.17) is 0 Å². The zero-order chi connectivity index (χ0) is 16.3. The van der Waals surface area contributed by atoms with Gasteiger partial charge in [0.05, 0.1) is 17.7 Å². The molecule has 7 nitrogen and oxygen atoms in total. The number of hydrogen-bond acceptors (Lipinski definition) is 5. The molecule has 0 aliphatic heterocycles. The quantitative estimate of drug-likeness (QED) is 0.889. The van der Waals surface area contributed by atoms with Crippen molar-refractivity contribution in [1.29, 1.82) is 0 Å². The van der Waals surface area contributed by atoms with Gasteiger partial charge in [0.2, 0.25) is 5.91 Å². The van der Waals surface area contributed by atoms with Crippen molar-refractivity contribution in [3.63, 3.8) is 0 Å². The second-order valence-electron chi connectivity index (χ2n) is 6.28. The van der Waals surface area contributed by atoms with Gasteiger partial charge in [0, 0.05) is 13.6 Å². The van der Waals surface area contributed by atoms with Crippen LogP contribution in [0.2, 0.25) is 0 Å². The van der Waals surface area contributed by atoms with Crippen LogP contribution >= 0.6 is 0 Å². The van der Waals surface area contributed by atoms with Crippen molar-refractivity contribution < 1.29 is 9.90 Å². The minimum Gasteiger partial charge on any atom is -0.388 e. The lowest BCUT2D eigenvalue weighted by molar-refractivity contribution is -0.132. The molecule has 23 heavy (non-hydrogen) atoms. The fraction of sp³-hybridized carbons (Fsp3) is 0.500. The van der Waals surface area contributed by atoms with E-state index in [1.807, 2.05) is 24.3 Å². The predicted molar refractivity (Wildman–Crippen MR) is 83.9 cm³/mol. The Balaban J connectivity index is 1.59. The number of likely N-dealkylation sites (N-methyl/N-ethyl adjacent to an activating group) is 1. The number of aliphatic hydroxyl groups is 1. The molecule has 1 heterocycles. The fourth-order valence-electron chi connectivity index (χ4n) is 3.08. The lowest BCUT2D eigenvalue weighted by atomic mass is 10.0. The smallest absolute Gasteiger partial charge is 0.226 e. The zero-order valence-electron chi connectivity index (χ0n) is 13.2. The molecule has 1 aromatic heterocycles. The first kappa shape index (κ1) is 15.6. The Bertz CT molecular complexity index is 648. The molecule has 1 aliphatic rings. The molecule has 1 fully saturated rings. The maximum Gasteiger partial charge on any atom is 0.226 e. The van der Waals surface area contributed by atoms with E-state index in [1.165, 1.54) is 6.33 Å². The first-order chi connectivity index (χ1) is 11.1. The molecule has 122 valence electrons. The van der Waals surface area contributed by atoms with E-state index >= 15 is 0 Å². The summed E-state index contributed by atoms with van der Waals surface area (Å²) in [6.45, 7) is 0.411. The Hall–Kier alpha value is -2.28. The van der Waals surface area contributed by atoms with Crippen molar-refractivity contribution in [2.75, 3.05) is 13.6 Å². The summed E-state index contributed by atoms with van der Waals surface area (Å²) in [6.07, 6.45) is 5.49. The SMILES string of the molecule is CN(CC1(O)CCCC1)C(=O)Cc1ccc(-n2cnnn2)cc1. The van der Waals surface area contributed by atoms with Gasteiger partial charge in [0.25, 0.3) is 0 Å². The third kappa shape index (κ3) is 3.73. The van der Waals surface area contributed by atoms with Crippen LogP contribution in [0.4, 0.5) is 0 Å². The minimum absolute atomic E-state index is 0.0143. The van der Waals surface area contributed by atoms with Gasteiger partial charge in [-0.3, -0.25) is 4.79 Å². The van der Waals surface area contributed by atoms with Crippen LogP contribution < -0.4 is 0 Å². The molecule has 0 spiro atoms. The molecule has 0 unspecified atom stereocenters. The van der Waals surface area contributed by atoms with Crippen molar-refractivity contribution in [3.05, 3.63) is 36.2 Å². The van der Waals surface area contributed by atoms with Gasteiger partial charge in [0.1, 0.15) is 6.33 Å². The third-order valence-electron chi connectivity index (χ3n) is 4.40. The van der Waals surface area contributed by atoms with E-state index in [-0.39, 0.29) is 5.91 Å². The van der Waals surface area contributed by atoms with Crippen LogP contribution in [0.1, 0.15) is 31.2 Å². The number of amides is 1. The lowest BCUT2D eigenvalue weighted by Gasteiger charge is -2.28. The van der Waals surface area contributed by atoms with Crippen LogP contribution in [-0.2, 0) is 11.2 Å². The number of tetrazole rings is 1. The molecule has 1 N–H and O–H groups in total. The summed E-state index contributed by atoms with van der Waals surface area (Å²) in [6, 6.07) is 7.55. The molecule has 3 rings (SSSR count). The van der Waals surface area contributed by atoms with Gasteiger partial charge in [0.15, 0.2) is 0 Å². The molecule has 2 aromatic rings. The summed E-state index contributed by atoms with van der Waals surface area (Å²) >= 11 is 0. The number of carbonyl (C=O) groups excluding carboxylic acids is 1. The van der Waals surface area contributed by atoms with Gasteiger partial charge >= 0.3 is 0 Å². The van der Waals surface area contributed by atoms with Gasteiger partial charge in [-0.1, -0.05) is 25.0 Å². The zero-order valence-corrected chi connectivity index (χ0v) is 13.2. The summed E-state index contributed by atoms with van der Waals surface area (Å²) in [5.74, 6) is 0.0143. The summed E-state index contributed by atoms with van der Waals surface area (Å²) in [5, 5.41) is 21.4. The van der Waals surface area contributed by atoms with Crippen molar-refractivity contribution in [2.45, 2.75) is 37.7 Å². The Labute approximate surface area is 134 Å². The number of carbonyl (C=O) groups is 1. The van der Waals surface area contributed by atoms with Crippen LogP contribution in [0.25, 0.3) is 5.69 Å². The number of rotatable bonds is 5. The monoisotopic (exact) mass is 315 g/mol. The maximum atomic E-state index is 12.3. The third-order valence-corrected chi connectivity index (χ3v) is 4.40. The molecule has 1 saturated carbocycles. The van der Waals surface area contributed by atoms with Crippen LogP contribution in [0.3, 0.4) is 0 Å². The Morgan fingerprint density at radius 2 is 2.00 bits per heavy atom. The highest BCUT2D eigenvalue weighted by Gasteiger charge is 2.33. The molecular formula is C16H21N5O2. The van der Waals surface area contributed by atoms with Crippen molar-refractivity contribution in [1.82, 2.24) is 25.1 Å². The number of hydrogen-bond donors (Lipinski definition) is 1. The first-order valence-corrected chi connectivity index (χ1v) is 7.84. The Morgan fingerprint density at radius 3 is 2.61 bits per heavy atom. The highest BCUT2D eigenvalue weighted by molar-refractivity contribution is 5.78. The Kier molecular flexibility index (Phi) is 4.38. The number of aromatic nitrogens is 4. The van der Waals surface area contributed by atoms with Crippen LogP contribution in [0, 0.1) is 0 Å². The highest BCUT2D eigenvalue weighted by atomic mass is 16.3. The number of nitrogens with zero attached hydrogens (tertiary/aromatic N) is 5. The minimum atomic E-state index is -0.700. The summed E-state index contributed by atoms with van der Waals surface area (Å²) in [5.41, 5.74) is 1.07. The standard InChI is InChI=1S/C16H21N5O2/c1-20(11-16(23)8-2-3-9-16)15(22)10-13-4-6-14(7-5-13)21-12-17-18-19-21/h4-7,12,23H,2-3,8-11H2,1H3. The lowest BCUT2D eigenvalue weighted by Crippen LogP contribution is -2.42.